The number of nitrogens with zero attached hydrogens (tertiary/aromatic N) is 1. The van der Waals surface area contributed by atoms with Gasteiger partial charge in [0.25, 0.3) is 0 Å². The van der Waals surface area contributed by atoms with Gasteiger partial charge in [-0.2, -0.15) is 0 Å². The molecule has 2 aliphatic rings. The summed E-state index contributed by atoms with van der Waals surface area (Å²) < 4.78 is 0. The summed E-state index contributed by atoms with van der Waals surface area (Å²) in [6, 6.07) is 0.0648. The molecule has 1 heterocycles. The van der Waals surface area contributed by atoms with E-state index in [1.807, 2.05) is 6.92 Å². The van der Waals surface area contributed by atoms with E-state index in [9.17, 15) is 0 Å². The van der Waals surface area contributed by atoms with Crippen LogP contribution in [0.1, 0.15) is 49.4 Å². The number of nitrogens with one attached hydrogen (secondary N) is 1. The van der Waals surface area contributed by atoms with Gasteiger partial charge in [0.1, 0.15) is 5.01 Å². The van der Waals surface area contributed by atoms with Crippen molar-refractivity contribution in [3.8, 4) is 0 Å². The molecule has 0 bridgehead atoms. The summed E-state index contributed by atoms with van der Waals surface area (Å²) in [6.45, 7) is 4.07. The molecule has 0 saturated heterocycles. The summed E-state index contributed by atoms with van der Waals surface area (Å²) in [6.07, 6.45) is 5.81. The summed E-state index contributed by atoms with van der Waals surface area (Å²) >= 11 is 1.67. The Kier molecular flexibility index (Phi) is 2.97. The third-order valence-corrected chi connectivity index (χ3v) is 5.17. The van der Waals surface area contributed by atoms with Crippen LogP contribution in [0.2, 0.25) is 0 Å². The van der Waals surface area contributed by atoms with Crippen molar-refractivity contribution in [3.63, 3.8) is 0 Å². The first kappa shape index (κ1) is 11.6. The normalized spacial score (nSPS) is 23.6. The lowest BCUT2D eigenvalue weighted by atomic mass is 10.0. The van der Waals surface area contributed by atoms with Crippen molar-refractivity contribution in [2.75, 3.05) is 6.54 Å². The molecule has 0 spiro atoms. The molecular weight excluding hydrogens is 230 g/mol. The molecule has 0 aromatic carbocycles. The van der Waals surface area contributed by atoms with Gasteiger partial charge < -0.3 is 11.1 Å². The molecule has 2 aliphatic carbocycles. The van der Waals surface area contributed by atoms with Gasteiger partial charge in [-0.1, -0.05) is 0 Å². The molecule has 1 aromatic rings. The summed E-state index contributed by atoms with van der Waals surface area (Å²) in [5, 5.41) is 6.76. The molecule has 17 heavy (non-hydrogen) atoms. The lowest BCUT2D eigenvalue weighted by Crippen LogP contribution is -2.25. The van der Waals surface area contributed by atoms with Gasteiger partial charge in [-0.3, -0.25) is 0 Å². The van der Waals surface area contributed by atoms with Gasteiger partial charge in [0.15, 0.2) is 0 Å². The van der Waals surface area contributed by atoms with Crippen molar-refractivity contribution in [1.29, 1.82) is 0 Å². The van der Waals surface area contributed by atoms with Crippen LogP contribution in [0, 0.1) is 11.3 Å². The monoisotopic (exact) mass is 251 g/mol. The number of rotatable bonds is 6. The zero-order chi connectivity index (χ0) is 11.9. The molecule has 1 atom stereocenters. The zero-order valence-electron chi connectivity index (χ0n) is 10.4. The lowest BCUT2D eigenvalue weighted by Gasteiger charge is -2.14. The minimum Gasteiger partial charge on any atom is -0.322 e. The van der Waals surface area contributed by atoms with Gasteiger partial charge in [0, 0.05) is 18.5 Å². The Morgan fingerprint density at radius 2 is 2.35 bits per heavy atom. The van der Waals surface area contributed by atoms with Crippen LogP contribution in [0.25, 0.3) is 0 Å². The van der Waals surface area contributed by atoms with Crippen LogP contribution in [-0.2, 0) is 6.54 Å². The molecular formula is C13H21N3S. The summed E-state index contributed by atoms with van der Waals surface area (Å²) in [7, 11) is 0. The van der Waals surface area contributed by atoms with Crippen molar-refractivity contribution in [3.05, 3.63) is 16.1 Å². The van der Waals surface area contributed by atoms with E-state index in [4.69, 9.17) is 5.73 Å². The topological polar surface area (TPSA) is 50.9 Å². The molecule has 4 heteroatoms. The summed E-state index contributed by atoms with van der Waals surface area (Å²) in [5.41, 5.74) is 7.64. The highest BCUT2D eigenvalue weighted by Crippen LogP contribution is 2.60. The van der Waals surface area contributed by atoms with Crippen LogP contribution < -0.4 is 11.1 Å². The third-order valence-electron chi connectivity index (χ3n) is 4.08. The van der Waals surface area contributed by atoms with E-state index in [2.05, 4.69) is 15.7 Å². The predicted octanol–water partition coefficient (Wildman–Crippen LogP) is 2.44. The molecule has 3 nitrogen and oxygen atoms in total. The second-order valence-electron chi connectivity index (χ2n) is 5.71. The van der Waals surface area contributed by atoms with Gasteiger partial charge in [0.2, 0.25) is 0 Å². The summed E-state index contributed by atoms with van der Waals surface area (Å²) in [5.74, 6) is 1.03. The molecule has 0 amide bonds. The number of hydrogen-bond donors (Lipinski definition) is 2. The average molecular weight is 251 g/mol. The van der Waals surface area contributed by atoms with Crippen molar-refractivity contribution in [1.82, 2.24) is 10.3 Å². The Balaban J connectivity index is 1.47. The fourth-order valence-electron chi connectivity index (χ4n) is 2.64. The van der Waals surface area contributed by atoms with Gasteiger partial charge >= 0.3 is 0 Å². The maximum absolute atomic E-state index is 5.81. The Morgan fingerprint density at radius 1 is 1.59 bits per heavy atom. The molecule has 2 fully saturated rings. The fourth-order valence-corrected chi connectivity index (χ4v) is 3.42. The molecule has 1 unspecified atom stereocenters. The first-order chi connectivity index (χ1) is 8.20. The smallest absolute Gasteiger partial charge is 0.109 e. The van der Waals surface area contributed by atoms with Crippen LogP contribution in [0.5, 0.6) is 0 Å². The minimum atomic E-state index is 0.0648. The highest BCUT2D eigenvalue weighted by atomic mass is 32.1. The highest BCUT2D eigenvalue weighted by Gasteiger charge is 2.53. The lowest BCUT2D eigenvalue weighted by molar-refractivity contribution is 0.402. The maximum atomic E-state index is 5.81. The van der Waals surface area contributed by atoms with E-state index in [1.165, 1.54) is 32.2 Å². The molecule has 0 radical (unpaired) electrons. The molecule has 2 saturated carbocycles. The number of nitrogens with two attached hydrogens (primary N) is 1. The van der Waals surface area contributed by atoms with E-state index in [1.54, 1.807) is 11.3 Å². The number of thiazole rings is 1. The first-order valence-electron chi connectivity index (χ1n) is 6.60. The van der Waals surface area contributed by atoms with E-state index >= 15 is 0 Å². The fraction of sp³-hybridized carbons (Fsp3) is 0.769. The second-order valence-corrected chi connectivity index (χ2v) is 6.60. The number of aromatic nitrogens is 1. The Hall–Kier alpha value is -0.450. The van der Waals surface area contributed by atoms with Crippen LogP contribution in [0.3, 0.4) is 0 Å². The number of hydrogen-bond acceptors (Lipinski definition) is 4. The Labute approximate surface area is 107 Å². The van der Waals surface area contributed by atoms with Crippen LogP contribution in [0.4, 0.5) is 0 Å². The summed E-state index contributed by atoms with van der Waals surface area (Å²) in [4.78, 5) is 4.54. The zero-order valence-corrected chi connectivity index (χ0v) is 11.2. The quantitative estimate of drug-likeness (QED) is 0.816. The molecule has 3 N–H and O–H groups in total. The van der Waals surface area contributed by atoms with E-state index < -0.39 is 0 Å². The molecule has 94 valence electrons. The van der Waals surface area contributed by atoms with Crippen molar-refractivity contribution in [2.45, 2.75) is 45.2 Å². The van der Waals surface area contributed by atoms with E-state index in [0.29, 0.717) is 5.41 Å². The third kappa shape index (κ3) is 2.54. The van der Waals surface area contributed by atoms with Crippen LogP contribution in [-0.4, -0.2) is 11.5 Å². The highest BCUT2D eigenvalue weighted by molar-refractivity contribution is 7.09. The van der Waals surface area contributed by atoms with Gasteiger partial charge in [0.05, 0.1) is 11.7 Å². The van der Waals surface area contributed by atoms with Crippen LogP contribution >= 0.6 is 11.3 Å². The van der Waals surface area contributed by atoms with Gasteiger partial charge in [-0.15, -0.1) is 11.3 Å². The van der Waals surface area contributed by atoms with E-state index in [0.717, 1.165) is 23.2 Å². The van der Waals surface area contributed by atoms with Crippen molar-refractivity contribution >= 4 is 11.3 Å². The standard InChI is InChI=1S/C13H21N3S/c1-9(14)12-16-11(7-17-12)6-15-8-13(4-5-13)10-2-3-10/h7,9-10,15H,2-6,8,14H2,1H3. The molecule has 3 rings (SSSR count). The largest absolute Gasteiger partial charge is 0.322 e. The second kappa shape index (κ2) is 4.34. The van der Waals surface area contributed by atoms with Crippen LogP contribution in [0.15, 0.2) is 5.38 Å². The first-order valence-corrected chi connectivity index (χ1v) is 7.48. The van der Waals surface area contributed by atoms with E-state index in [-0.39, 0.29) is 6.04 Å². The average Bonchev–Trinajstić information content (AvgIpc) is 3.17. The predicted molar refractivity (Wildman–Crippen MR) is 70.8 cm³/mol. The maximum Gasteiger partial charge on any atom is 0.109 e. The van der Waals surface area contributed by atoms with Crippen molar-refractivity contribution in [2.24, 2.45) is 17.1 Å². The molecule has 1 aromatic heterocycles. The Morgan fingerprint density at radius 3 is 2.88 bits per heavy atom. The van der Waals surface area contributed by atoms with Gasteiger partial charge in [-0.05, 0) is 43.9 Å². The van der Waals surface area contributed by atoms with Gasteiger partial charge in [-0.25, -0.2) is 4.98 Å². The van der Waals surface area contributed by atoms with Crippen molar-refractivity contribution < 1.29 is 0 Å². The Bertz CT molecular complexity index is 391. The SMILES string of the molecule is CC(N)c1nc(CNCC2(C3CC3)CC2)cs1. The molecule has 0 aliphatic heterocycles. The minimum absolute atomic E-state index is 0.0648.